The molecule has 1 atom stereocenters. The van der Waals surface area contributed by atoms with Gasteiger partial charge in [-0.25, -0.2) is 0 Å². The van der Waals surface area contributed by atoms with Gasteiger partial charge in [0.1, 0.15) is 0 Å². The Hall–Kier alpha value is -0.560. The predicted molar refractivity (Wildman–Crippen MR) is 49.5 cm³/mol. The molecule has 0 unspecified atom stereocenters. The lowest BCUT2D eigenvalue weighted by Crippen LogP contribution is -2.00. The van der Waals surface area contributed by atoms with Crippen molar-refractivity contribution in [3.05, 3.63) is 25.3 Å². The normalized spacial score (nSPS) is 12.5. The van der Waals surface area contributed by atoms with Crippen LogP contribution < -0.4 is 0 Å². The molecule has 0 aromatic rings. The minimum absolute atomic E-state index is 0.307. The molecular weight excluding hydrogens is 136 g/mol. The molecule has 0 aliphatic rings. The summed E-state index contributed by atoms with van der Waals surface area (Å²) in [5.74, 6) is 0. The molecule has 0 aromatic heterocycles. The van der Waals surface area contributed by atoms with Crippen molar-refractivity contribution < 1.29 is 5.11 Å². The van der Waals surface area contributed by atoms with Gasteiger partial charge in [0.2, 0.25) is 0 Å². The molecule has 1 nitrogen and oxygen atoms in total. The molecule has 0 aliphatic carbocycles. The molecule has 0 saturated heterocycles. The van der Waals surface area contributed by atoms with Crippen LogP contribution in [0.3, 0.4) is 0 Å². The number of rotatable bonds is 7. The third-order valence-electron chi connectivity index (χ3n) is 1.68. The summed E-state index contributed by atoms with van der Waals surface area (Å²) in [5, 5.41) is 9.08. The zero-order valence-electron chi connectivity index (χ0n) is 7.13. The molecule has 0 radical (unpaired) electrons. The van der Waals surface area contributed by atoms with Crippen LogP contribution in [0.15, 0.2) is 25.3 Å². The Balaban J connectivity index is 3.01. The number of allylic oxidation sites excluding steroid dienone is 1. The van der Waals surface area contributed by atoms with Crippen molar-refractivity contribution in [3.63, 3.8) is 0 Å². The van der Waals surface area contributed by atoms with Crippen molar-refractivity contribution in [3.8, 4) is 0 Å². The van der Waals surface area contributed by atoms with E-state index < -0.39 is 0 Å². The fraction of sp³-hybridized carbons (Fsp3) is 0.600. The first-order valence-electron chi connectivity index (χ1n) is 4.22. The average Bonchev–Trinajstić information content (AvgIpc) is 2.04. The number of aliphatic hydroxyl groups excluding tert-OH is 1. The van der Waals surface area contributed by atoms with Gasteiger partial charge in [-0.05, 0) is 19.3 Å². The number of hydrogen-bond acceptors (Lipinski definition) is 1. The largest absolute Gasteiger partial charge is 0.389 e. The van der Waals surface area contributed by atoms with E-state index in [1.807, 2.05) is 6.08 Å². The van der Waals surface area contributed by atoms with Crippen LogP contribution in [0.2, 0.25) is 0 Å². The molecule has 0 fully saturated rings. The van der Waals surface area contributed by atoms with Crippen LogP contribution in [0.5, 0.6) is 0 Å². The zero-order valence-corrected chi connectivity index (χ0v) is 7.13. The highest BCUT2D eigenvalue weighted by molar-refractivity contribution is 4.77. The van der Waals surface area contributed by atoms with E-state index in [1.165, 1.54) is 12.8 Å². The van der Waals surface area contributed by atoms with Gasteiger partial charge in [0.05, 0.1) is 6.10 Å². The SMILES string of the molecule is C=CCCCCC[C@H](O)C=C. The van der Waals surface area contributed by atoms with Crippen molar-refractivity contribution in [1.82, 2.24) is 0 Å². The first kappa shape index (κ1) is 10.4. The molecule has 0 bridgehead atoms. The van der Waals surface area contributed by atoms with Crippen molar-refractivity contribution in [2.45, 2.75) is 38.2 Å². The van der Waals surface area contributed by atoms with Gasteiger partial charge >= 0.3 is 0 Å². The number of unbranched alkanes of at least 4 members (excludes halogenated alkanes) is 3. The highest BCUT2D eigenvalue weighted by Gasteiger charge is 1.95. The average molecular weight is 154 g/mol. The van der Waals surface area contributed by atoms with E-state index in [-0.39, 0.29) is 6.10 Å². The van der Waals surface area contributed by atoms with Crippen LogP contribution in [-0.2, 0) is 0 Å². The van der Waals surface area contributed by atoms with Crippen LogP contribution in [0.1, 0.15) is 32.1 Å². The molecular formula is C10H18O. The molecule has 1 N–H and O–H groups in total. The van der Waals surface area contributed by atoms with Crippen molar-refractivity contribution >= 4 is 0 Å². The number of hydrogen-bond donors (Lipinski definition) is 1. The maximum absolute atomic E-state index is 9.08. The van der Waals surface area contributed by atoms with Crippen LogP contribution in [0.25, 0.3) is 0 Å². The van der Waals surface area contributed by atoms with Gasteiger partial charge in [0.25, 0.3) is 0 Å². The van der Waals surface area contributed by atoms with Crippen molar-refractivity contribution in [2.75, 3.05) is 0 Å². The fourth-order valence-corrected chi connectivity index (χ4v) is 0.937. The minimum Gasteiger partial charge on any atom is -0.389 e. The van der Waals surface area contributed by atoms with Gasteiger partial charge in [0, 0.05) is 0 Å². The smallest absolute Gasteiger partial charge is 0.0718 e. The summed E-state index contributed by atoms with van der Waals surface area (Å²) in [7, 11) is 0. The second-order valence-corrected chi connectivity index (χ2v) is 2.73. The summed E-state index contributed by atoms with van der Waals surface area (Å²) in [4.78, 5) is 0. The molecule has 11 heavy (non-hydrogen) atoms. The quantitative estimate of drug-likeness (QED) is 0.441. The highest BCUT2D eigenvalue weighted by atomic mass is 16.3. The zero-order chi connectivity index (χ0) is 8.53. The second kappa shape index (κ2) is 7.55. The Kier molecular flexibility index (Phi) is 7.16. The third kappa shape index (κ3) is 7.34. The first-order valence-corrected chi connectivity index (χ1v) is 4.22. The maximum atomic E-state index is 9.08. The summed E-state index contributed by atoms with van der Waals surface area (Å²) in [6, 6.07) is 0. The topological polar surface area (TPSA) is 20.2 Å². The monoisotopic (exact) mass is 154 g/mol. The molecule has 0 spiro atoms. The van der Waals surface area contributed by atoms with Crippen molar-refractivity contribution in [2.24, 2.45) is 0 Å². The molecule has 0 aromatic carbocycles. The minimum atomic E-state index is -0.307. The maximum Gasteiger partial charge on any atom is 0.0718 e. The van der Waals surface area contributed by atoms with E-state index >= 15 is 0 Å². The first-order chi connectivity index (χ1) is 5.31. The summed E-state index contributed by atoms with van der Waals surface area (Å²) in [6.07, 6.45) is 8.60. The van der Waals surface area contributed by atoms with Crippen LogP contribution in [0, 0.1) is 0 Å². The van der Waals surface area contributed by atoms with Gasteiger partial charge in [-0.2, -0.15) is 0 Å². The lowest BCUT2D eigenvalue weighted by Gasteiger charge is -2.02. The summed E-state index contributed by atoms with van der Waals surface area (Å²) < 4.78 is 0. The Morgan fingerprint density at radius 3 is 2.45 bits per heavy atom. The Labute approximate surface area is 69.4 Å². The van der Waals surface area contributed by atoms with E-state index in [4.69, 9.17) is 5.11 Å². The molecule has 0 amide bonds. The van der Waals surface area contributed by atoms with E-state index in [0.29, 0.717) is 0 Å². The fourth-order valence-electron chi connectivity index (χ4n) is 0.937. The Morgan fingerprint density at radius 2 is 1.91 bits per heavy atom. The third-order valence-corrected chi connectivity index (χ3v) is 1.68. The van der Waals surface area contributed by atoms with E-state index in [1.54, 1.807) is 6.08 Å². The van der Waals surface area contributed by atoms with E-state index in [2.05, 4.69) is 13.2 Å². The lowest BCUT2D eigenvalue weighted by molar-refractivity contribution is 0.208. The van der Waals surface area contributed by atoms with Gasteiger partial charge in [-0.3, -0.25) is 0 Å². The van der Waals surface area contributed by atoms with Gasteiger partial charge < -0.3 is 5.11 Å². The standard InChI is InChI=1S/C10H18O/c1-3-5-6-7-8-9-10(11)4-2/h3-4,10-11H,1-2,5-9H2/t10-/m1/s1. The molecule has 0 heterocycles. The molecule has 0 saturated carbocycles. The van der Waals surface area contributed by atoms with Crippen LogP contribution in [0.4, 0.5) is 0 Å². The highest BCUT2D eigenvalue weighted by Crippen LogP contribution is 2.06. The van der Waals surface area contributed by atoms with Crippen LogP contribution >= 0.6 is 0 Å². The van der Waals surface area contributed by atoms with E-state index in [0.717, 1.165) is 19.3 Å². The van der Waals surface area contributed by atoms with Gasteiger partial charge in [-0.15, -0.1) is 13.2 Å². The summed E-state index contributed by atoms with van der Waals surface area (Å²) in [5.41, 5.74) is 0. The van der Waals surface area contributed by atoms with Gasteiger partial charge in [0.15, 0.2) is 0 Å². The van der Waals surface area contributed by atoms with Crippen molar-refractivity contribution in [1.29, 1.82) is 0 Å². The van der Waals surface area contributed by atoms with E-state index in [9.17, 15) is 0 Å². The predicted octanol–water partition coefficient (Wildman–Crippen LogP) is 2.67. The van der Waals surface area contributed by atoms with Gasteiger partial charge in [-0.1, -0.05) is 25.0 Å². The summed E-state index contributed by atoms with van der Waals surface area (Å²) >= 11 is 0. The Bertz CT molecular complexity index is 107. The van der Waals surface area contributed by atoms with Crippen LogP contribution in [-0.4, -0.2) is 11.2 Å². The lowest BCUT2D eigenvalue weighted by atomic mass is 10.1. The summed E-state index contributed by atoms with van der Waals surface area (Å²) in [6.45, 7) is 7.15. The second-order valence-electron chi connectivity index (χ2n) is 2.73. The number of aliphatic hydroxyl groups is 1. The molecule has 0 aliphatic heterocycles. The molecule has 0 rings (SSSR count). The Morgan fingerprint density at radius 1 is 1.18 bits per heavy atom. The molecule has 64 valence electrons. The molecule has 1 heteroatoms.